The molecule has 0 N–H and O–H groups in total. The molecular weight excluding hydrogens is 344 g/mol. The van der Waals surface area contributed by atoms with E-state index in [0.717, 1.165) is 5.56 Å². The summed E-state index contributed by atoms with van der Waals surface area (Å²) < 4.78 is 0. The fourth-order valence-electron chi connectivity index (χ4n) is 3.12. The van der Waals surface area contributed by atoms with E-state index in [1.165, 1.54) is 6.92 Å². The van der Waals surface area contributed by atoms with E-state index in [1.807, 2.05) is 19.1 Å². The van der Waals surface area contributed by atoms with Crippen LogP contribution in [0.25, 0.3) is 0 Å². The molecule has 146 valence electrons. The Bertz CT molecular complexity index is 697. The quantitative estimate of drug-likeness (QED) is 0.689. The van der Waals surface area contributed by atoms with Gasteiger partial charge in [-0.25, -0.2) is 0 Å². The average molecular weight is 372 g/mol. The summed E-state index contributed by atoms with van der Waals surface area (Å²) in [6, 6.07) is 7.36. The molecule has 1 saturated heterocycles. The Balaban J connectivity index is 1.79. The highest BCUT2D eigenvalue weighted by molar-refractivity contribution is 5.98. The molecule has 0 atom stereocenters. The van der Waals surface area contributed by atoms with Gasteiger partial charge in [-0.05, 0) is 20.3 Å². The fraction of sp³-hybridized carbons (Fsp3) is 0.524. The van der Waals surface area contributed by atoms with Gasteiger partial charge < -0.3 is 14.6 Å². The number of nitrogens with zero attached hydrogens (tertiary/aromatic N) is 2. The molecule has 0 radical (unpaired) electrons. The first-order chi connectivity index (χ1) is 12.9. The molecule has 0 aliphatic carbocycles. The molecule has 0 saturated carbocycles. The Morgan fingerprint density at radius 2 is 1.30 bits per heavy atom. The van der Waals surface area contributed by atoms with Crippen LogP contribution in [0.3, 0.4) is 0 Å². The third kappa shape index (κ3) is 6.62. The highest BCUT2D eigenvalue weighted by atomic mass is 16.2. The minimum atomic E-state index is -0.0477. The monoisotopic (exact) mass is 372 g/mol. The number of rotatable bonds is 7. The van der Waals surface area contributed by atoms with Crippen molar-refractivity contribution in [3.05, 3.63) is 35.4 Å². The van der Waals surface area contributed by atoms with Crippen LogP contribution < -0.4 is 0 Å². The molecule has 2 amide bonds. The lowest BCUT2D eigenvalue weighted by molar-refractivity contribution is -0.134. The van der Waals surface area contributed by atoms with Crippen molar-refractivity contribution in [2.75, 3.05) is 26.2 Å². The number of ketones is 2. The van der Waals surface area contributed by atoms with Crippen LogP contribution >= 0.6 is 0 Å². The van der Waals surface area contributed by atoms with Crippen LogP contribution in [0.4, 0.5) is 0 Å². The van der Waals surface area contributed by atoms with Crippen LogP contribution in [-0.2, 0) is 14.4 Å². The number of hydrogen-bond acceptors (Lipinski definition) is 4. The molecule has 1 aromatic rings. The van der Waals surface area contributed by atoms with E-state index in [1.54, 1.807) is 21.9 Å². The highest BCUT2D eigenvalue weighted by Crippen LogP contribution is 2.11. The van der Waals surface area contributed by atoms with E-state index in [4.69, 9.17) is 0 Å². The predicted molar refractivity (Wildman–Crippen MR) is 102 cm³/mol. The maximum absolute atomic E-state index is 12.5. The fourth-order valence-corrected chi connectivity index (χ4v) is 3.12. The van der Waals surface area contributed by atoms with E-state index in [2.05, 4.69) is 0 Å². The van der Waals surface area contributed by atoms with Crippen molar-refractivity contribution in [3.63, 3.8) is 0 Å². The van der Waals surface area contributed by atoms with Gasteiger partial charge in [0.25, 0.3) is 0 Å². The second-order valence-corrected chi connectivity index (χ2v) is 7.11. The topological polar surface area (TPSA) is 74.8 Å². The first kappa shape index (κ1) is 20.8. The summed E-state index contributed by atoms with van der Waals surface area (Å²) in [6.07, 6.45) is 1.58. The first-order valence-corrected chi connectivity index (χ1v) is 9.51. The van der Waals surface area contributed by atoms with Crippen LogP contribution in [0.2, 0.25) is 0 Å². The SMILES string of the molecule is CC(=O)CCC(=O)N1CCCN(C(=O)CCC(=O)c2ccc(C)cc2)CC1. The Labute approximate surface area is 160 Å². The summed E-state index contributed by atoms with van der Waals surface area (Å²) in [5.41, 5.74) is 1.72. The van der Waals surface area contributed by atoms with Gasteiger partial charge in [0.05, 0.1) is 0 Å². The van der Waals surface area contributed by atoms with E-state index in [-0.39, 0.29) is 49.1 Å². The van der Waals surface area contributed by atoms with Crippen molar-refractivity contribution < 1.29 is 19.2 Å². The normalized spacial score (nSPS) is 14.6. The molecule has 1 heterocycles. The van der Waals surface area contributed by atoms with Gasteiger partial charge in [-0.2, -0.15) is 0 Å². The van der Waals surface area contributed by atoms with Crippen molar-refractivity contribution in [1.29, 1.82) is 0 Å². The first-order valence-electron chi connectivity index (χ1n) is 9.51. The third-order valence-electron chi connectivity index (χ3n) is 4.83. The summed E-state index contributed by atoms with van der Waals surface area (Å²) in [6.45, 7) is 5.59. The number of aryl methyl sites for hydroxylation is 1. The lowest BCUT2D eigenvalue weighted by Crippen LogP contribution is -2.37. The Hall–Kier alpha value is -2.50. The molecule has 1 aliphatic heterocycles. The van der Waals surface area contributed by atoms with Crippen LogP contribution in [0.15, 0.2) is 24.3 Å². The van der Waals surface area contributed by atoms with Gasteiger partial charge in [0.2, 0.25) is 11.8 Å². The van der Waals surface area contributed by atoms with Crippen LogP contribution in [0.5, 0.6) is 0 Å². The van der Waals surface area contributed by atoms with Gasteiger partial charge >= 0.3 is 0 Å². The molecule has 6 heteroatoms. The average Bonchev–Trinajstić information content (AvgIpc) is 2.90. The van der Waals surface area contributed by atoms with Gasteiger partial charge in [-0.1, -0.05) is 29.8 Å². The number of carbonyl (C=O) groups excluding carboxylic acids is 4. The highest BCUT2D eigenvalue weighted by Gasteiger charge is 2.22. The summed E-state index contributed by atoms with van der Waals surface area (Å²) in [4.78, 5) is 51.3. The minimum Gasteiger partial charge on any atom is -0.341 e. The third-order valence-corrected chi connectivity index (χ3v) is 4.83. The lowest BCUT2D eigenvalue weighted by Gasteiger charge is -2.22. The molecule has 0 spiro atoms. The second kappa shape index (κ2) is 10.00. The number of Topliss-reactive ketones (excluding diaryl/α,β-unsaturated/α-hetero) is 2. The predicted octanol–water partition coefficient (Wildman–Crippen LogP) is 2.39. The Morgan fingerprint density at radius 3 is 1.81 bits per heavy atom. The minimum absolute atomic E-state index is 0.00761. The maximum atomic E-state index is 12.5. The zero-order valence-electron chi connectivity index (χ0n) is 16.2. The molecule has 1 aliphatic rings. The molecule has 6 nitrogen and oxygen atoms in total. The van der Waals surface area contributed by atoms with Crippen LogP contribution in [0.1, 0.15) is 54.9 Å². The number of carbonyl (C=O) groups is 4. The lowest BCUT2D eigenvalue weighted by atomic mass is 10.0. The van der Waals surface area contributed by atoms with Gasteiger partial charge in [0.1, 0.15) is 5.78 Å². The van der Waals surface area contributed by atoms with Crippen LogP contribution in [-0.4, -0.2) is 59.4 Å². The van der Waals surface area contributed by atoms with Gasteiger partial charge in [0, 0.05) is 57.4 Å². The molecule has 0 bridgehead atoms. The molecule has 2 rings (SSSR count). The zero-order chi connectivity index (χ0) is 19.8. The van der Waals surface area contributed by atoms with Crippen molar-refractivity contribution in [2.45, 2.75) is 46.0 Å². The zero-order valence-corrected chi connectivity index (χ0v) is 16.2. The number of hydrogen-bond donors (Lipinski definition) is 0. The Morgan fingerprint density at radius 1 is 0.778 bits per heavy atom. The Kier molecular flexibility index (Phi) is 7.70. The molecule has 0 aromatic heterocycles. The van der Waals surface area contributed by atoms with E-state index >= 15 is 0 Å². The van der Waals surface area contributed by atoms with Gasteiger partial charge in [-0.15, -0.1) is 0 Å². The van der Waals surface area contributed by atoms with Crippen molar-refractivity contribution in [1.82, 2.24) is 9.80 Å². The van der Waals surface area contributed by atoms with E-state index in [0.29, 0.717) is 38.2 Å². The number of amides is 2. The van der Waals surface area contributed by atoms with E-state index < -0.39 is 0 Å². The standard InChI is InChI=1S/C21H28N2O4/c1-16-4-7-18(8-5-16)19(25)9-11-21(27)23-13-3-12-22(14-15-23)20(26)10-6-17(2)24/h4-5,7-8H,3,6,9-15H2,1-2H3. The smallest absolute Gasteiger partial charge is 0.223 e. The summed E-state index contributed by atoms with van der Waals surface area (Å²) in [7, 11) is 0. The second-order valence-electron chi connectivity index (χ2n) is 7.11. The summed E-state index contributed by atoms with van der Waals surface area (Å²) in [5, 5.41) is 0. The molecule has 27 heavy (non-hydrogen) atoms. The van der Waals surface area contributed by atoms with Crippen molar-refractivity contribution in [2.24, 2.45) is 0 Å². The van der Waals surface area contributed by atoms with E-state index in [9.17, 15) is 19.2 Å². The van der Waals surface area contributed by atoms with Crippen LogP contribution in [0, 0.1) is 6.92 Å². The van der Waals surface area contributed by atoms with Crippen molar-refractivity contribution in [3.8, 4) is 0 Å². The molecule has 1 aromatic carbocycles. The van der Waals surface area contributed by atoms with Gasteiger partial charge in [-0.3, -0.25) is 14.4 Å². The summed E-state index contributed by atoms with van der Waals surface area (Å²) in [5.74, 6) is -0.102. The number of benzene rings is 1. The van der Waals surface area contributed by atoms with Crippen molar-refractivity contribution >= 4 is 23.4 Å². The molecule has 0 unspecified atom stereocenters. The maximum Gasteiger partial charge on any atom is 0.223 e. The summed E-state index contributed by atoms with van der Waals surface area (Å²) >= 11 is 0. The van der Waals surface area contributed by atoms with Gasteiger partial charge in [0.15, 0.2) is 5.78 Å². The molecular formula is C21H28N2O4. The largest absolute Gasteiger partial charge is 0.341 e. The molecule has 1 fully saturated rings.